The number of hydrogen-bond donors (Lipinski definition) is 2. The molecule has 1 saturated carbocycles. The van der Waals surface area contributed by atoms with Gasteiger partial charge in [0.1, 0.15) is 0 Å². The molecule has 3 unspecified atom stereocenters. The van der Waals surface area contributed by atoms with E-state index in [2.05, 4.69) is 34.5 Å². The summed E-state index contributed by atoms with van der Waals surface area (Å²) in [5.74, 6) is 3.60. The Balaban J connectivity index is 1.59. The first-order valence-electron chi connectivity index (χ1n) is 8.80. The van der Waals surface area contributed by atoms with E-state index in [1.54, 1.807) is 0 Å². The Morgan fingerprint density at radius 3 is 2.71 bits per heavy atom. The summed E-state index contributed by atoms with van der Waals surface area (Å²) >= 11 is 0. The molecule has 1 saturated heterocycles. The van der Waals surface area contributed by atoms with E-state index in [0.717, 1.165) is 36.8 Å². The maximum absolute atomic E-state index is 4.35. The summed E-state index contributed by atoms with van der Waals surface area (Å²) in [7, 11) is 4.08. The van der Waals surface area contributed by atoms with Gasteiger partial charge in [-0.2, -0.15) is 0 Å². The zero-order valence-corrected chi connectivity index (χ0v) is 14.2. The molecule has 4 nitrogen and oxygen atoms in total. The number of likely N-dealkylation sites (tertiary alicyclic amines) is 1. The highest BCUT2D eigenvalue weighted by Crippen LogP contribution is 2.30. The predicted octanol–water partition coefficient (Wildman–Crippen LogP) is 2.32. The summed E-state index contributed by atoms with van der Waals surface area (Å²) in [5, 5.41) is 6.98. The Morgan fingerprint density at radius 1 is 1.19 bits per heavy atom. The Bertz CT molecular complexity index is 329. The average molecular weight is 294 g/mol. The van der Waals surface area contributed by atoms with Gasteiger partial charge in [0.2, 0.25) is 0 Å². The first-order valence-corrected chi connectivity index (χ1v) is 8.80. The molecule has 0 bridgehead atoms. The van der Waals surface area contributed by atoms with Crippen LogP contribution in [0.3, 0.4) is 0 Å². The van der Waals surface area contributed by atoms with Crippen molar-refractivity contribution in [2.75, 3.05) is 40.3 Å². The van der Waals surface area contributed by atoms with Crippen LogP contribution in [0.25, 0.3) is 0 Å². The lowest BCUT2D eigenvalue weighted by Crippen LogP contribution is -2.41. The van der Waals surface area contributed by atoms with Crippen molar-refractivity contribution >= 4 is 5.96 Å². The van der Waals surface area contributed by atoms with Crippen molar-refractivity contribution in [1.29, 1.82) is 0 Å². The zero-order chi connectivity index (χ0) is 15.1. The van der Waals surface area contributed by atoms with Crippen LogP contribution in [-0.4, -0.2) is 51.1 Å². The lowest BCUT2D eigenvalue weighted by atomic mass is 9.81. The lowest BCUT2D eigenvalue weighted by molar-refractivity contribution is 0.270. The van der Waals surface area contributed by atoms with Crippen molar-refractivity contribution in [3.05, 3.63) is 0 Å². The molecule has 21 heavy (non-hydrogen) atoms. The SMILES string of the molecule is CN=C(NCCC1CCCC(C)C1)NCC1CCN(C)C1. The molecule has 0 radical (unpaired) electrons. The maximum Gasteiger partial charge on any atom is 0.190 e. The molecule has 2 rings (SSSR count). The van der Waals surface area contributed by atoms with Gasteiger partial charge in [0, 0.05) is 26.7 Å². The van der Waals surface area contributed by atoms with Gasteiger partial charge in [0.25, 0.3) is 0 Å². The van der Waals surface area contributed by atoms with E-state index in [0.29, 0.717) is 0 Å². The van der Waals surface area contributed by atoms with E-state index in [1.807, 2.05) is 7.05 Å². The Hall–Kier alpha value is -0.770. The second kappa shape index (κ2) is 8.62. The Labute approximate surface area is 130 Å². The van der Waals surface area contributed by atoms with Crippen LogP contribution in [0, 0.1) is 17.8 Å². The van der Waals surface area contributed by atoms with Crippen molar-refractivity contribution in [3.63, 3.8) is 0 Å². The molecular formula is C17H34N4. The van der Waals surface area contributed by atoms with Crippen molar-refractivity contribution < 1.29 is 0 Å². The molecule has 122 valence electrons. The van der Waals surface area contributed by atoms with E-state index in [4.69, 9.17) is 0 Å². The van der Waals surface area contributed by atoms with Gasteiger partial charge in [0.15, 0.2) is 5.96 Å². The molecule has 1 heterocycles. The van der Waals surface area contributed by atoms with Crippen LogP contribution in [0.15, 0.2) is 4.99 Å². The molecule has 0 aromatic heterocycles. The minimum atomic E-state index is 0.771. The van der Waals surface area contributed by atoms with Crippen LogP contribution in [0.2, 0.25) is 0 Å². The van der Waals surface area contributed by atoms with E-state index < -0.39 is 0 Å². The summed E-state index contributed by atoms with van der Waals surface area (Å²) in [4.78, 5) is 6.76. The van der Waals surface area contributed by atoms with Gasteiger partial charge in [-0.1, -0.05) is 26.2 Å². The van der Waals surface area contributed by atoms with Gasteiger partial charge < -0.3 is 15.5 Å². The van der Waals surface area contributed by atoms with E-state index >= 15 is 0 Å². The first-order chi connectivity index (χ1) is 10.2. The van der Waals surface area contributed by atoms with Crippen LogP contribution in [0.1, 0.15) is 45.4 Å². The molecule has 0 spiro atoms. The summed E-state index contributed by atoms with van der Waals surface area (Å²) in [5.41, 5.74) is 0. The molecule has 4 heteroatoms. The van der Waals surface area contributed by atoms with E-state index in [9.17, 15) is 0 Å². The largest absolute Gasteiger partial charge is 0.356 e. The molecular weight excluding hydrogens is 260 g/mol. The number of nitrogens with zero attached hydrogens (tertiary/aromatic N) is 2. The van der Waals surface area contributed by atoms with Crippen LogP contribution < -0.4 is 10.6 Å². The monoisotopic (exact) mass is 294 g/mol. The highest BCUT2D eigenvalue weighted by Gasteiger charge is 2.20. The highest BCUT2D eigenvalue weighted by atomic mass is 15.2. The van der Waals surface area contributed by atoms with Crippen molar-refractivity contribution in [1.82, 2.24) is 15.5 Å². The second-order valence-electron chi connectivity index (χ2n) is 7.22. The third-order valence-corrected chi connectivity index (χ3v) is 5.16. The Kier molecular flexibility index (Phi) is 6.81. The zero-order valence-electron chi connectivity index (χ0n) is 14.2. The van der Waals surface area contributed by atoms with Crippen LogP contribution in [0.4, 0.5) is 0 Å². The fourth-order valence-electron chi connectivity index (χ4n) is 3.87. The molecule has 1 aliphatic carbocycles. The van der Waals surface area contributed by atoms with Gasteiger partial charge in [-0.05, 0) is 50.6 Å². The van der Waals surface area contributed by atoms with Crippen LogP contribution >= 0.6 is 0 Å². The number of aliphatic imine (C=N–C) groups is 1. The van der Waals surface area contributed by atoms with E-state index in [-0.39, 0.29) is 0 Å². The van der Waals surface area contributed by atoms with Crippen molar-refractivity contribution in [3.8, 4) is 0 Å². The molecule has 1 aliphatic heterocycles. The number of guanidine groups is 1. The van der Waals surface area contributed by atoms with Crippen molar-refractivity contribution in [2.24, 2.45) is 22.7 Å². The maximum atomic E-state index is 4.35. The second-order valence-corrected chi connectivity index (χ2v) is 7.22. The molecule has 3 atom stereocenters. The van der Waals surface area contributed by atoms with Gasteiger partial charge in [-0.3, -0.25) is 4.99 Å². The fourth-order valence-corrected chi connectivity index (χ4v) is 3.87. The molecule has 0 aromatic rings. The molecule has 2 N–H and O–H groups in total. The molecule has 2 fully saturated rings. The minimum Gasteiger partial charge on any atom is -0.356 e. The third-order valence-electron chi connectivity index (χ3n) is 5.16. The predicted molar refractivity (Wildman–Crippen MR) is 90.7 cm³/mol. The van der Waals surface area contributed by atoms with Gasteiger partial charge in [-0.25, -0.2) is 0 Å². The summed E-state index contributed by atoms with van der Waals surface area (Å²) in [6.07, 6.45) is 8.29. The van der Waals surface area contributed by atoms with Crippen molar-refractivity contribution in [2.45, 2.75) is 45.4 Å². The summed E-state index contributed by atoms with van der Waals surface area (Å²) in [6.45, 7) is 6.95. The summed E-state index contributed by atoms with van der Waals surface area (Å²) < 4.78 is 0. The quantitative estimate of drug-likeness (QED) is 0.604. The fraction of sp³-hybridized carbons (Fsp3) is 0.941. The number of nitrogens with one attached hydrogen (secondary N) is 2. The van der Waals surface area contributed by atoms with Gasteiger partial charge >= 0.3 is 0 Å². The first kappa shape index (κ1) is 16.6. The Morgan fingerprint density at radius 2 is 2.05 bits per heavy atom. The minimum absolute atomic E-state index is 0.771. The summed E-state index contributed by atoms with van der Waals surface area (Å²) in [6, 6.07) is 0. The van der Waals surface area contributed by atoms with Gasteiger partial charge in [-0.15, -0.1) is 0 Å². The molecule has 0 aromatic carbocycles. The standard InChI is InChI=1S/C17H34N4/c1-14-5-4-6-15(11-14)7-9-19-17(18-2)20-12-16-8-10-21(3)13-16/h14-16H,4-13H2,1-3H3,(H2,18,19,20). The number of hydrogen-bond acceptors (Lipinski definition) is 2. The highest BCUT2D eigenvalue weighted by molar-refractivity contribution is 5.79. The smallest absolute Gasteiger partial charge is 0.190 e. The normalized spacial score (nSPS) is 31.4. The third kappa shape index (κ3) is 5.85. The molecule has 2 aliphatic rings. The van der Waals surface area contributed by atoms with Gasteiger partial charge in [0.05, 0.1) is 0 Å². The lowest BCUT2D eigenvalue weighted by Gasteiger charge is -2.27. The average Bonchev–Trinajstić information content (AvgIpc) is 2.88. The number of rotatable bonds is 5. The topological polar surface area (TPSA) is 39.7 Å². The van der Waals surface area contributed by atoms with Crippen LogP contribution in [-0.2, 0) is 0 Å². The van der Waals surface area contributed by atoms with E-state index in [1.165, 1.54) is 51.6 Å². The van der Waals surface area contributed by atoms with Crippen LogP contribution in [0.5, 0.6) is 0 Å². The molecule has 0 amide bonds.